The van der Waals surface area contributed by atoms with Gasteiger partial charge in [0.2, 0.25) is 0 Å². The standard InChI is InChI=1S/C20H31NO2/c1-3-8-20(23-15-17-9-5-4-6-10-17)14-19-12-7-11-18(21-19)13-16(2)22/h4-6,9-10,18-21H,3,7-8,11-15H2,1-2H3/t18-,19+,20-/m0/s1. The Balaban J connectivity index is 1.81. The Kier molecular flexibility index (Phi) is 7.77. The van der Waals surface area contributed by atoms with Crippen molar-refractivity contribution in [2.45, 2.75) is 83.6 Å². The highest BCUT2D eigenvalue weighted by molar-refractivity contribution is 5.76. The molecule has 3 atom stereocenters. The van der Waals surface area contributed by atoms with Crippen molar-refractivity contribution >= 4 is 5.78 Å². The van der Waals surface area contributed by atoms with Crippen LogP contribution in [0.5, 0.6) is 0 Å². The van der Waals surface area contributed by atoms with Gasteiger partial charge in [-0.15, -0.1) is 0 Å². The third-order valence-electron chi connectivity index (χ3n) is 4.60. The Morgan fingerprint density at radius 2 is 2.00 bits per heavy atom. The number of rotatable bonds is 9. The molecular weight excluding hydrogens is 286 g/mol. The summed E-state index contributed by atoms with van der Waals surface area (Å²) in [5, 5.41) is 3.67. The Morgan fingerprint density at radius 3 is 2.70 bits per heavy atom. The van der Waals surface area contributed by atoms with Crippen molar-refractivity contribution in [1.82, 2.24) is 5.32 Å². The van der Waals surface area contributed by atoms with Crippen molar-refractivity contribution in [2.75, 3.05) is 0 Å². The molecular formula is C20H31NO2. The van der Waals surface area contributed by atoms with Gasteiger partial charge in [0.25, 0.3) is 0 Å². The van der Waals surface area contributed by atoms with Crippen LogP contribution in [0, 0.1) is 0 Å². The first-order valence-corrected chi connectivity index (χ1v) is 9.08. The van der Waals surface area contributed by atoms with Crippen LogP contribution in [-0.2, 0) is 16.1 Å². The average molecular weight is 317 g/mol. The molecule has 0 aromatic heterocycles. The van der Waals surface area contributed by atoms with Gasteiger partial charge in [-0.2, -0.15) is 0 Å². The maximum atomic E-state index is 11.3. The molecule has 1 aromatic rings. The van der Waals surface area contributed by atoms with Crippen LogP contribution in [0.15, 0.2) is 30.3 Å². The van der Waals surface area contributed by atoms with E-state index >= 15 is 0 Å². The zero-order valence-electron chi connectivity index (χ0n) is 14.6. The minimum atomic E-state index is 0.286. The topological polar surface area (TPSA) is 38.3 Å². The van der Waals surface area contributed by atoms with Crippen LogP contribution in [-0.4, -0.2) is 24.0 Å². The summed E-state index contributed by atoms with van der Waals surface area (Å²) in [6.45, 7) is 4.59. The minimum absolute atomic E-state index is 0.286. The summed E-state index contributed by atoms with van der Waals surface area (Å²) in [4.78, 5) is 11.3. The van der Waals surface area contributed by atoms with Crippen LogP contribution in [0.3, 0.4) is 0 Å². The zero-order chi connectivity index (χ0) is 16.5. The zero-order valence-corrected chi connectivity index (χ0v) is 14.6. The average Bonchev–Trinajstić information content (AvgIpc) is 2.53. The molecule has 0 bridgehead atoms. The van der Waals surface area contributed by atoms with Crippen molar-refractivity contribution < 1.29 is 9.53 Å². The molecule has 1 aliphatic rings. The van der Waals surface area contributed by atoms with E-state index in [2.05, 4.69) is 36.5 Å². The number of carbonyl (C=O) groups excluding carboxylic acids is 1. The molecule has 128 valence electrons. The van der Waals surface area contributed by atoms with Gasteiger partial charge < -0.3 is 10.1 Å². The maximum absolute atomic E-state index is 11.3. The van der Waals surface area contributed by atoms with Gasteiger partial charge >= 0.3 is 0 Å². The summed E-state index contributed by atoms with van der Waals surface area (Å²) in [6.07, 6.45) is 7.80. The number of piperidine rings is 1. The van der Waals surface area contributed by atoms with E-state index in [4.69, 9.17) is 4.74 Å². The Labute approximate surface area is 140 Å². The summed E-state index contributed by atoms with van der Waals surface area (Å²) >= 11 is 0. The van der Waals surface area contributed by atoms with E-state index in [0.29, 0.717) is 31.2 Å². The quantitative estimate of drug-likeness (QED) is 0.740. The maximum Gasteiger partial charge on any atom is 0.131 e. The molecule has 1 aliphatic heterocycles. The first-order chi connectivity index (χ1) is 11.2. The molecule has 2 rings (SSSR count). The van der Waals surface area contributed by atoms with Crippen molar-refractivity contribution in [3.05, 3.63) is 35.9 Å². The fraction of sp³-hybridized carbons (Fsp3) is 0.650. The van der Waals surface area contributed by atoms with E-state index < -0.39 is 0 Å². The van der Waals surface area contributed by atoms with E-state index in [1.54, 1.807) is 6.92 Å². The second-order valence-corrected chi connectivity index (χ2v) is 6.84. The van der Waals surface area contributed by atoms with Crippen LogP contribution in [0.2, 0.25) is 0 Å². The third kappa shape index (κ3) is 6.84. The first kappa shape index (κ1) is 18.2. The smallest absolute Gasteiger partial charge is 0.131 e. The largest absolute Gasteiger partial charge is 0.373 e. The van der Waals surface area contributed by atoms with E-state index in [0.717, 1.165) is 25.7 Å². The highest BCUT2D eigenvalue weighted by Crippen LogP contribution is 2.21. The number of hydrogen-bond donors (Lipinski definition) is 1. The highest BCUT2D eigenvalue weighted by Gasteiger charge is 2.24. The van der Waals surface area contributed by atoms with Gasteiger partial charge in [0, 0.05) is 18.5 Å². The lowest BCUT2D eigenvalue weighted by molar-refractivity contribution is -0.117. The third-order valence-corrected chi connectivity index (χ3v) is 4.60. The molecule has 1 saturated heterocycles. The lowest BCUT2D eigenvalue weighted by Gasteiger charge is -2.33. The SMILES string of the molecule is CCC[C@@H](C[C@H]1CCC[C@@H](CC(C)=O)N1)OCc1ccccc1. The van der Waals surface area contributed by atoms with E-state index in [1.807, 2.05) is 6.07 Å². The Morgan fingerprint density at radius 1 is 1.26 bits per heavy atom. The van der Waals surface area contributed by atoms with Gasteiger partial charge in [0.05, 0.1) is 12.7 Å². The molecule has 23 heavy (non-hydrogen) atoms. The predicted molar refractivity (Wildman–Crippen MR) is 94.4 cm³/mol. The molecule has 0 radical (unpaired) electrons. The molecule has 1 aromatic carbocycles. The van der Waals surface area contributed by atoms with E-state index in [-0.39, 0.29) is 5.78 Å². The van der Waals surface area contributed by atoms with Gasteiger partial charge in [0.15, 0.2) is 0 Å². The normalized spacial score (nSPS) is 22.7. The van der Waals surface area contributed by atoms with Gasteiger partial charge in [-0.05, 0) is 38.2 Å². The molecule has 1 heterocycles. The molecule has 0 spiro atoms. The van der Waals surface area contributed by atoms with E-state index in [1.165, 1.54) is 18.4 Å². The number of ether oxygens (including phenoxy) is 1. The van der Waals surface area contributed by atoms with Crippen LogP contribution in [0.4, 0.5) is 0 Å². The fourth-order valence-electron chi connectivity index (χ4n) is 3.50. The summed E-state index contributed by atoms with van der Waals surface area (Å²) in [5.41, 5.74) is 1.24. The molecule has 0 unspecified atom stereocenters. The van der Waals surface area contributed by atoms with Gasteiger partial charge in [0.1, 0.15) is 5.78 Å². The lowest BCUT2D eigenvalue weighted by Crippen LogP contribution is -2.44. The Bertz CT molecular complexity index is 460. The molecule has 1 N–H and O–H groups in total. The Hall–Kier alpha value is -1.19. The van der Waals surface area contributed by atoms with Crippen LogP contribution in [0.1, 0.15) is 64.4 Å². The molecule has 0 aliphatic carbocycles. The number of carbonyl (C=O) groups is 1. The number of ketones is 1. The fourth-order valence-corrected chi connectivity index (χ4v) is 3.50. The lowest BCUT2D eigenvalue weighted by atomic mass is 9.91. The van der Waals surface area contributed by atoms with Crippen molar-refractivity contribution in [3.8, 4) is 0 Å². The summed E-state index contributed by atoms with van der Waals surface area (Å²) in [5.74, 6) is 0.286. The number of benzene rings is 1. The second-order valence-electron chi connectivity index (χ2n) is 6.84. The number of hydrogen-bond acceptors (Lipinski definition) is 3. The first-order valence-electron chi connectivity index (χ1n) is 9.08. The minimum Gasteiger partial charge on any atom is -0.373 e. The second kappa shape index (κ2) is 9.84. The molecule has 0 saturated carbocycles. The van der Waals surface area contributed by atoms with Gasteiger partial charge in [-0.3, -0.25) is 4.79 Å². The van der Waals surface area contributed by atoms with Crippen LogP contribution < -0.4 is 5.32 Å². The monoisotopic (exact) mass is 317 g/mol. The van der Waals surface area contributed by atoms with Crippen molar-refractivity contribution in [1.29, 1.82) is 0 Å². The van der Waals surface area contributed by atoms with Gasteiger partial charge in [-0.25, -0.2) is 0 Å². The number of Topliss-reactive ketones (excluding diaryl/α,β-unsaturated/α-hetero) is 1. The molecule has 3 heteroatoms. The van der Waals surface area contributed by atoms with Crippen molar-refractivity contribution in [2.24, 2.45) is 0 Å². The summed E-state index contributed by atoms with van der Waals surface area (Å²) < 4.78 is 6.18. The van der Waals surface area contributed by atoms with Crippen molar-refractivity contribution in [3.63, 3.8) is 0 Å². The summed E-state index contributed by atoms with van der Waals surface area (Å²) in [7, 11) is 0. The number of nitrogens with one attached hydrogen (secondary N) is 1. The predicted octanol–water partition coefficient (Wildman–Crippen LogP) is 4.25. The van der Waals surface area contributed by atoms with Crippen LogP contribution >= 0.6 is 0 Å². The molecule has 0 amide bonds. The summed E-state index contributed by atoms with van der Waals surface area (Å²) in [6, 6.07) is 11.2. The highest BCUT2D eigenvalue weighted by atomic mass is 16.5. The molecule has 1 fully saturated rings. The van der Waals surface area contributed by atoms with Gasteiger partial charge in [-0.1, -0.05) is 50.1 Å². The molecule has 3 nitrogen and oxygen atoms in total. The van der Waals surface area contributed by atoms with E-state index in [9.17, 15) is 4.79 Å². The van der Waals surface area contributed by atoms with Crippen LogP contribution in [0.25, 0.3) is 0 Å².